The van der Waals surface area contributed by atoms with Crippen LogP contribution in [0, 0.1) is 11.3 Å². The van der Waals surface area contributed by atoms with E-state index in [1.54, 1.807) is 0 Å². The van der Waals surface area contributed by atoms with Gasteiger partial charge in [0.1, 0.15) is 0 Å². The average Bonchev–Trinajstić information content (AvgIpc) is 2.82. The molecule has 2 aliphatic rings. The van der Waals surface area contributed by atoms with Crippen molar-refractivity contribution >= 4 is 10.0 Å². The molecule has 118 valence electrons. The van der Waals surface area contributed by atoms with E-state index in [4.69, 9.17) is 4.74 Å². The van der Waals surface area contributed by atoms with Gasteiger partial charge in [-0.2, -0.15) is 0 Å². The number of hydrogen-bond donors (Lipinski definition) is 1. The zero-order chi connectivity index (χ0) is 15.0. The van der Waals surface area contributed by atoms with Crippen molar-refractivity contribution in [2.24, 2.45) is 11.3 Å². The van der Waals surface area contributed by atoms with Crippen molar-refractivity contribution in [1.29, 1.82) is 0 Å². The summed E-state index contributed by atoms with van der Waals surface area (Å²) in [5.74, 6) is 0.737. The van der Waals surface area contributed by atoms with Crippen molar-refractivity contribution in [1.82, 2.24) is 9.62 Å². The Balaban J connectivity index is 1.85. The number of nitrogens with zero attached hydrogens (tertiary/aromatic N) is 1. The van der Waals surface area contributed by atoms with Gasteiger partial charge in [0.25, 0.3) is 0 Å². The summed E-state index contributed by atoms with van der Waals surface area (Å²) in [5.41, 5.74) is 0.111. The summed E-state index contributed by atoms with van der Waals surface area (Å²) in [6.07, 6.45) is 1.44. The van der Waals surface area contributed by atoms with Gasteiger partial charge in [-0.05, 0) is 6.42 Å². The quantitative estimate of drug-likeness (QED) is 0.764. The third-order valence-electron chi connectivity index (χ3n) is 4.92. The lowest BCUT2D eigenvalue weighted by Crippen LogP contribution is -2.66. The monoisotopic (exact) mass is 304 g/mol. The molecular formula is C14H28N2O3S. The second-order valence-corrected chi connectivity index (χ2v) is 8.49. The summed E-state index contributed by atoms with van der Waals surface area (Å²) in [4.78, 5) is 0. The van der Waals surface area contributed by atoms with Crippen LogP contribution in [0.2, 0.25) is 0 Å². The summed E-state index contributed by atoms with van der Waals surface area (Å²) >= 11 is 0. The Hall–Kier alpha value is -0.170. The predicted molar refractivity (Wildman–Crippen MR) is 80.1 cm³/mol. The van der Waals surface area contributed by atoms with Crippen LogP contribution in [0.3, 0.4) is 0 Å². The normalized spacial score (nSPS) is 32.1. The molecule has 1 saturated carbocycles. The van der Waals surface area contributed by atoms with Gasteiger partial charge in [0.05, 0.1) is 11.9 Å². The van der Waals surface area contributed by atoms with Crippen LogP contribution in [0.5, 0.6) is 0 Å². The Morgan fingerprint density at radius 3 is 2.55 bits per heavy atom. The van der Waals surface area contributed by atoms with Gasteiger partial charge in [0.15, 0.2) is 0 Å². The molecule has 0 aromatic rings. The van der Waals surface area contributed by atoms with Crippen molar-refractivity contribution in [3.63, 3.8) is 0 Å². The van der Waals surface area contributed by atoms with Crippen LogP contribution in [0.25, 0.3) is 0 Å². The van der Waals surface area contributed by atoms with Gasteiger partial charge in [0.2, 0.25) is 10.0 Å². The van der Waals surface area contributed by atoms with E-state index in [1.165, 1.54) is 4.31 Å². The number of sulfonamides is 1. The molecule has 20 heavy (non-hydrogen) atoms. The predicted octanol–water partition coefficient (Wildman–Crippen LogP) is 1.06. The fourth-order valence-electron chi connectivity index (χ4n) is 3.83. The summed E-state index contributed by atoms with van der Waals surface area (Å²) in [6.45, 7) is 10.6. The molecule has 6 heteroatoms. The number of fused-ring (bicyclic) bond motifs is 1. The van der Waals surface area contributed by atoms with Crippen LogP contribution >= 0.6 is 0 Å². The molecule has 2 rings (SSSR count). The molecule has 1 N–H and O–H groups in total. The van der Waals surface area contributed by atoms with E-state index in [-0.39, 0.29) is 11.2 Å². The first kappa shape index (κ1) is 16.2. The highest BCUT2D eigenvalue weighted by Crippen LogP contribution is 2.51. The third kappa shape index (κ3) is 2.75. The summed E-state index contributed by atoms with van der Waals surface area (Å²) in [7, 11) is -3.12. The molecule has 1 heterocycles. The standard InChI is InChI=1S/C14H28N2O3S/c1-5-16(6-2)20(17,18)10-8-15-12-11-7-9-19-13(11)14(12,3)4/h11-13,15H,5-10H2,1-4H3/t11-,12+,13+/m0/s1. The molecule has 0 amide bonds. The Morgan fingerprint density at radius 1 is 1.30 bits per heavy atom. The Morgan fingerprint density at radius 2 is 1.95 bits per heavy atom. The van der Waals surface area contributed by atoms with E-state index in [9.17, 15) is 8.42 Å². The Kier molecular flexibility index (Phi) is 4.79. The van der Waals surface area contributed by atoms with Gasteiger partial charge < -0.3 is 10.1 Å². The largest absolute Gasteiger partial charge is 0.377 e. The van der Waals surface area contributed by atoms with Crippen LogP contribution in [-0.4, -0.2) is 56.9 Å². The molecule has 2 fully saturated rings. The first-order valence-electron chi connectivity index (χ1n) is 7.67. The van der Waals surface area contributed by atoms with Crippen LogP contribution in [-0.2, 0) is 14.8 Å². The Labute approximate surface area is 123 Å². The maximum absolute atomic E-state index is 12.1. The number of nitrogens with one attached hydrogen (secondary N) is 1. The number of ether oxygens (including phenoxy) is 1. The molecule has 0 spiro atoms. The van der Waals surface area contributed by atoms with Crippen molar-refractivity contribution in [2.45, 2.75) is 46.3 Å². The van der Waals surface area contributed by atoms with Crippen LogP contribution in [0.15, 0.2) is 0 Å². The van der Waals surface area contributed by atoms with Crippen molar-refractivity contribution in [2.75, 3.05) is 32.0 Å². The van der Waals surface area contributed by atoms with E-state index < -0.39 is 10.0 Å². The van der Waals surface area contributed by atoms with Gasteiger partial charge in [0, 0.05) is 43.6 Å². The highest BCUT2D eigenvalue weighted by Gasteiger charge is 2.58. The lowest BCUT2D eigenvalue weighted by atomic mass is 9.57. The molecule has 0 bridgehead atoms. The van der Waals surface area contributed by atoms with Crippen molar-refractivity contribution in [3.05, 3.63) is 0 Å². The second-order valence-electron chi connectivity index (χ2n) is 6.40. The molecule has 0 aromatic carbocycles. The minimum Gasteiger partial charge on any atom is -0.377 e. The molecule has 0 aromatic heterocycles. The van der Waals surface area contributed by atoms with Crippen LogP contribution in [0.4, 0.5) is 0 Å². The van der Waals surface area contributed by atoms with Crippen LogP contribution < -0.4 is 5.32 Å². The van der Waals surface area contributed by atoms with E-state index in [1.807, 2.05) is 13.8 Å². The highest BCUT2D eigenvalue weighted by molar-refractivity contribution is 7.89. The zero-order valence-corrected chi connectivity index (χ0v) is 13.9. The minimum atomic E-state index is -3.12. The van der Waals surface area contributed by atoms with Crippen molar-refractivity contribution in [3.8, 4) is 0 Å². The lowest BCUT2D eigenvalue weighted by molar-refractivity contribution is -0.111. The molecular weight excluding hydrogens is 276 g/mol. The van der Waals surface area contributed by atoms with E-state index in [2.05, 4.69) is 19.2 Å². The number of rotatable bonds is 7. The SMILES string of the molecule is CCN(CC)S(=O)(=O)CCN[C@@H]1[C@@H]2CCO[C@H]2C1(C)C. The van der Waals surface area contributed by atoms with E-state index in [0.717, 1.165) is 13.0 Å². The summed E-state index contributed by atoms with van der Waals surface area (Å²) < 4.78 is 31.5. The van der Waals surface area contributed by atoms with Gasteiger partial charge in [-0.25, -0.2) is 12.7 Å². The fourth-order valence-corrected chi connectivity index (χ4v) is 5.25. The zero-order valence-electron chi connectivity index (χ0n) is 13.1. The number of hydrogen-bond acceptors (Lipinski definition) is 4. The first-order chi connectivity index (χ1) is 9.34. The van der Waals surface area contributed by atoms with Gasteiger partial charge in [-0.15, -0.1) is 0 Å². The second kappa shape index (κ2) is 5.91. The molecule has 1 saturated heterocycles. The summed E-state index contributed by atoms with van der Waals surface area (Å²) in [5, 5.41) is 3.45. The fraction of sp³-hybridized carbons (Fsp3) is 1.00. The molecule has 0 unspecified atom stereocenters. The van der Waals surface area contributed by atoms with E-state index >= 15 is 0 Å². The molecule has 5 nitrogen and oxygen atoms in total. The average molecular weight is 304 g/mol. The topological polar surface area (TPSA) is 58.6 Å². The van der Waals surface area contributed by atoms with Crippen LogP contribution in [0.1, 0.15) is 34.1 Å². The first-order valence-corrected chi connectivity index (χ1v) is 9.28. The molecule has 0 radical (unpaired) electrons. The van der Waals surface area contributed by atoms with Crippen molar-refractivity contribution < 1.29 is 13.2 Å². The maximum Gasteiger partial charge on any atom is 0.215 e. The molecule has 1 aliphatic carbocycles. The van der Waals surface area contributed by atoms with E-state index in [0.29, 0.717) is 37.7 Å². The third-order valence-corrected chi connectivity index (χ3v) is 6.95. The molecule has 1 aliphatic heterocycles. The maximum atomic E-state index is 12.1. The summed E-state index contributed by atoms with van der Waals surface area (Å²) in [6, 6.07) is 0.377. The highest BCUT2D eigenvalue weighted by atomic mass is 32.2. The van der Waals surface area contributed by atoms with Gasteiger partial charge in [-0.3, -0.25) is 0 Å². The molecule has 3 atom stereocenters. The lowest BCUT2D eigenvalue weighted by Gasteiger charge is -2.55. The Bertz CT molecular complexity index is 432. The smallest absolute Gasteiger partial charge is 0.215 e. The van der Waals surface area contributed by atoms with Gasteiger partial charge in [-0.1, -0.05) is 27.7 Å². The van der Waals surface area contributed by atoms with Gasteiger partial charge >= 0.3 is 0 Å². The minimum absolute atomic E-state index is 0.111.